The molecule has 1 spiro atoms. The summed E-state index contributed by atoms with van der Waals surface area (Å²) < 4.78 is 18.6. The number of carbonyl (C=O) groups is 3. The Morgan fingerprint density at radius 1 is 0.691 bits per heavy atom. The van der Waals surface area contributed by atoms with E-state index in [2.05, 4.69) is 25.5 Å². The monoisotopic (exact) mass is 732 g/mol. The molecule has 4 heterocycles. The highest BCUT2D eigenvalue weighted by atomic mass is 16.6. The predicted octanol–water partition coefficient (Wildman–Crippen LogP) is 7.95. The topological polar surface area (TPSA) is 135 Å². The molecule has 0 fully saturated rings. The zero-order valence-electron chi connectivity index (χ0n) is 30.1. The molecule has 1 unspecified atom stereocenters. The molecule has 3 amide bonds. The van der Waals surface area contributed by atoms with Gasteiger partial charge in [0.2, 0.25) is 0 Å². The minimum Gasteiger partial charge on any atom is -0.456 e. The fraction of sp³-hybridized carbons (Fsp3) is 0.140. The second-order valence-corrected chi connectivity index (χ2v) is 13.4. The maximum Gasteiger partial charge on any atom is 0.417 e. The van der Waals surface area contributed by atoms with Crippen LogP contribution in [0.4, 0.5) is 21.0 Å². The van der Waals surface area contributed by atoms with Crippen molar-refractivity contribution in [2.75, 3.05) is 24.7 Å². The predicted molar refractivity (Wildman–Crippen MR) is 205 cm³/mol. The number of aromatic nitrogens is 2. The van der Waals surface area contributed by atoms with Crippen molar-refractivity contribution in [1.29, 1.82) is 0 Å². The normalized spacial score (nSPS) is 14.9. The number of ether oxygens (including phenoxy) is 3. The molecule has 274 valence electrons. The maximum atomic E-state index is 13.5. The van der Waals surface area contributed by atoms with Crippen molar-refractivity contribution >= 4 is 29.5 Å². The summed E-state index contributed by atoms with van der Waals surface area (Å²) in [6.45, 7) is 1.57. The van der Waals surface area contributed by atoms with Gasteiger partial charge in [-0.3, -0.25) is 20.2 Å². The highest BCUT2D eigenvalue weighted by Crippen LogP contribution is 2.56. The molecule has 12 nitrogen and oxygen atoms in total. The Balaban J connectivity index is 1.06. The van der Waals surface area contributed by atoms with E-state index in [9.17, 15) is 14.4 Å². The average Bonchev–Trinajstić information content (AvgIpc) is 3.48. The SMILES string of the molecule is CN(C)C(=O)Nc1ccc2c(c1)Oc1cc(NC(=O)Oc3ccccc3CN(Cc3ccccn3)Cc3ccccn3)ccc1C21OC(=O)c2ccccc21. The summed E-state index contributed by atoms with van der Waals surface area (Å²) in [4.78, 5) is 51.9. The third-order valence-electron chi connectivity index (χ3n) is 9.41. The quantitative estimate of drug-likeness (QED) is 0.142. The summed E-state index contributed by atoms with van der Waals surface area (Å²) in [5, 5.41) is 5.68. The van der Waals surface area contributed by atoms with Gasteiger partial charge in [0.05, 0.1) is 17.0 Å². The second-order valence-electron chi connectivity index (χ2n) is 13.4. The van der Waals surface area contributed by atoms with Crippen molar-refractivity contribution in [3.63, 3.8) is 0 Å². The van der Waals surface area contributed by atoms with E-state index < -0.39 is 17.7 Å². The van der Waals surface area contributed by atoms with Crippen LogP contribution in [0.1, 0.15) is 44.0 Å². The zero-order chi connectivity index (χ0) is 37.9. The highest BCUT2D eigenvalue weighted by molar-refractivity contribution is 5.97. The number of rotatable bonds is 9. The van der Waals surface area contributed by atoms with E-state index in [-0.39, 0.29) is 6.03 Å². The number of hydrogen-bond donors (Lipinski definition) is 2. The summed E-state index contributed by atoms with van der Waals surface area (Å²) in [5.74, 6) is 0.660. The lowest BCUT2D eigenvalue weighted by atomic mass is 9.77. The van der Waals surface area contributed by atoms with Crippen LogP contribution in [0.15, 0.2) is 134 Å². The van der Waals surface area contributed by atoms with Crippen molar-refractivity contribution in [1.82, 2.24) is 19.8 Å². The highest BCUT2D eigenvalue weighted by Gasteiger charge is 2.53. The Labute approximate surface area is 317 Å². The molecule has 2 aliphatic rings. The Hall–Kier alpha value is -7.05. The third kappa shape index (κ3) is 7.06. The lowest BCUT2D eigenvalue weighted by Gasteiger charge is -2.36. The molecule has 1 atom stereocenters. The molecule has 6 aromatic rings. The number of amides is 3. The molecule has 2 N–H and O–H groups in total. The fourth-order valence-corrected chi connectivity index (χ4v) is 6.89. The van der Waals surface area contributed by atoms with Crippen LogP contribution in [0.25, 0.3) is 0 Å². The summed E-state index contributed by atoms with van der Waals surface area (Å²) in [6, 6.07) is 36.3. The Bertz CT molecular complexity index is 2370. The minimum atomic E-state index is -1.32. The largest absolute Gasteiger partial charge is 0.456 e. The van der Waals surface area contributed by atoms with Crippen LogP contribution in [0.3, 0.4) is 0 Å². The number of esters is 1. The summed E-state index contributed by atoms with van der Waals surface area (Å²) in [6.07, 6.45) is 2.83. The van der Waals surface area contributed by atoms with Crippen LogP contribution in [0.5, 0.6) is 17.2 Å². The Morgan fingerprint density at radius 3 is 1.93 bits per heavy atom. The summed E-state index contributed by atoms with van der Waals surface area (Å²) in [5.41, 5.74) is 4.43. The number of fused-ring (bicyclic) bond motifs is 6. The first-order valence-electron chi connectivity index (χ1n) is 17.6. The van der Waals surface area contributed by atoms with Crippen LogP contribution in [0.2, 0.25) is 0 Å². The molecular formula is C43H36N6O6. The number of para-hydroxylation sites is 1. The van der Waals surface area contributed by atoms with Crippen molar-refractivity contribution < 1.29 is 28.6 Å². The first-order chi connectivity index (χ1) is 26.8. The first-order valence-corrected chi connectivity index (χ1v) is 17.6. The van der Waals surface area contributed by atoms with Gasteiger partial charge in [-0.2, -0.15) is 0 Å². The molecular weight excluding hydrogens is 697 g/mol. The number of urea groups is 1. The van der Waals surface area contributed by atoms with Crippen molar-refractivity contribution in [2.45, 2.75) is 25.2 Å². The van der Waals surface area contributed by atoms with Gasteiger partial charge in [0.15, 0.2) is 5.60 Å². The second kappa shape index (κ2) is 14.8. The van der Waals surface area contributed by atoms with E-state index in [4.69, 9.17) is 14.2 Å². The molecule has 2 aromatic heterocycles. The van der Waals surface area contributed by atoms with Crippen LogP contribution in [0, 0.1) is 0 Å². The number of anilines is 2. The maximum absolute atomic E-state index is 13.5. The number of carbonyl (C=O) groups excluding carboxylic acids is 3. The lowest BCUT2D eigenvalue weighted by Crippen LogP contribution is -2.33. The van der Waals surface area contributed by atoms with Gasteiger partial charge < -0.3 is 24.4 Å². The lowest BCUT2D eigenvalue weighted by molar-refractivity contribution is 0.0224. The van der Waals surface area contributed by atoms with E-state index in [1.165, 1.54) is 4.90 Å². The molecule has 55 heavy (non-hydrogen) atoms. The number of benzene rings is 4. The minimum absolute atomic E-state index is 0.316. The van der Waals surface area contributed by atoms with Gasteiger partial charge in [0, 0.05) is 91.9 Å². The summed E-state index contributed by atoms with van der Waals surface area (Å²) in [7, 11) is 3.29. The van der Waals surface area contributed by atoms with E-state index >= 15 is 0 Å². The summed E-state index contributed by atoms with van der Waals surface area (Å²) >= 11 is 0. The molecule has 0 bridgehead atoms. The molecule has 0 saturated carbocycles. The van der Waals surface area contributed by atoms with Crippen LogP contribution < -0.4 is 20.1 Å². The van der Waals surface area contributed by atoms with E-state index in [0.29, 0.717) is 70.5 Å². The zero-order valence-corrected chi connectivity index (χ0v) is 30.1. The molecule has 0 saturated heterocycles. The molecule has 0 aliphatic carbocycles. The molecule has 0 radical (unpaired) electrons. The number of nitrogens with zero attached hydrogens (tertiary/aromatic N) is 4. The van der Waals surface area contributed by atoms with Crippen LogP contribution in [-0.2, 0) is 30.0 Å². The standard InChI is InChI=1S/C43H36N6O6/c1-48(2)41(51)46-29-17-19-35-38(23-29)53-39-24-30(18-20-36(39)43(35)34-15-5-4-14-33(34)40(50)55-43)47-42(52)54-37-16-6-3-11-28(37)25-49(26-31-12-7-9-21-44-31)27-32-13-8-10-22-45-32/h3-24H,25-27H2,1-2H3,(H,46,51)(H,47,52). The van der Waals surface area contributed by atoms with Gasteiger partial charge in [-0.15, -0.1) is 0 Å². The molecule has 12 heteroatoms. The Kier molecular flexibility index (Phi) is 9.39. The van der Waals surface area contributed by atoms with Crippen molar-refractivity contribution in [2.24, 2.45) is 0 Å². The smallest absolute Gasteiger partial charge is 0.417 e. The van der Waals surface area contributed by atoms with E-state index in [0.717, 1.165) is 17.0 Å². The Morgan fingerprint density at radius 2 is 1.29 bits per heavy atom. The van der Waals surface area contributed by atoms with Crippen LogP contribution >= 0.6 is 0 Å². The van der Waals surface area contributed by atoms with Gasteiger partial charge in [0.25, 0.3) is 0 Å². The molecule has 8 rings (SSSR count). The molecule has 2 aliphatic heterocycles. The number of hydrogen-bond acceptors (Lipinski definition) is 9. The average molecular weight is 733 g/mol. The van der Waals surface area contributed by atoms with Gasteiger partial charge >= 0.3 is 18.1 Å². The molecule has 4 aromatic carbocycles. The van der Waals surface area contributed by atoms with Crippen molar-refractivity contribution in [3.8, 4) is 17.2 Å². The van der Waals surface area contributed by atoms with Gasteiger partial charge in [0.1, 0.15) is 17.2 Å². The fourth-order valence-electron chi connectivity index (χ4n) is 6.89. The first kappa shape index (κ1) is 35.0. The number of nitrogens with one attached hydrogen (secondary N) is 2. The van der Waals surface area contributed by atoms with Gasteiger partial charge in [-0.05, 0) is 60.7 Å². The van der Waals surface area contributed by atoms with Crippen molar-refractivity contribution in [3.05, 3.63) is 173 Å². The number of pyridine rings is 2. The van der Waals surface area contributed by atoms with Gasteiger partial charge in [-0.25, -0.2) is 14.4 Å². The third-order valence-corrected chi connectivity index (χ3v) is 9.41. The van der Waals surface area contributed by atoms with Crippen LogP contribution in [-0.4, -0.2) is 52.0 Å². The van der Waals surface area contributed by atoms with Gasteiger partial charge in [-0.1, -0.05) is 48.5 Å². The van der Waals surface area contributed by atoms with E-state index in [1.807, 2.05) is 66.7 Å². The van der Waals surface area contributed by atoms with E-state index in [1.54, 1.807) is 81.1 Å².